The standard InChI is InChI=1S/C12H18N2O2/c1-13(2)8-9-14(3)12(16)10-4-6-11(15)7-5-10/h4-7,15H,8-9H2,1-3H3. The highest BCUT2D eigenvalue weighted by Gasteiger charge is 2.11. The van der Waals surface area contributed by atoms with Gasteiger partial charge in [-0.05, 0) is 38.4 Å². The predicted molar refractivity (Wildman–Crippen MR) is 63.6 cm³/mol. The van der Waals surface area contributed by atoms with Crippen LogP contribution in [-0.2, 0) is 0 Å². The van der Waals surface area contributed by atoms with Crippen LogP contribution in [0.5, 0.6) is 5.75 Å². The Hall–Kier alpha value is -1.55. The number of benzene rings is 1. The molecule has 0 aromatic heterocycles. The predicted octanol–water partition coefficient (Wildman–Crippen LogP) is 1.03. The van der Waals surface area contributed by atoms with Crippen LogP contribution < -0.4 is 0 Å². The van der Waals surface area contributed by atoms with E-state index < -0.39 is 0 Å². The third-order valence-electron chi connectivity index (χ3n) is 2.34. The summed E-state index contributed by atoms with van der Waals surface area (Å²) in [6.45, 7) is 1.52. The summed E-state index contributed by atoms with van der Waals surface area (Å²) in [6.07, 6.45) is 0. The Morgan fingerprint density at radius 1 is 1.12 bits per heavy atom. The minimum atomic E-state index is -0.0261. The number of carbonyl (C=O) groups is 1. The van der Waals surface area contributed by atoms with E-state index in [0.717, 1.165) is 6.54 Å². The fraction of sp³-hybridized carbons (Fsp3) is 0.417. The number of carbonyl (C=O) groups excluding carboxylic acids is 1. The van der Waals surface area contributed by atoms with Gasteiger partial charge in [-0.25, -0.2) is 0 Å². The van der Waals surface area contributed by atoms with Gasteiger partial charge >= 0.3 is 0 Å². The Morgan fingerprint density at radius 2 is 1.69 bits per heavy atom. The number of nitrogens with zero attached hydrogens (tertiary/aromatic N) is 2. The van der Waals surface area contributed by atoms with Gasteiger partial charge in [0.05, 0.1) is 0 Å². The Morgan fingerprint density at radius 3 is 2.19 bits per heavy atom. The van der Waals surface area contributed by atoms with Crippen LogP contribution in [-0.4, -0.2) is 55.0 Å². The van der Waals surface area contributed by atoms with Crippen LogP contribution in [0, 0.1) is 0 Å². The Labute approximate surface area is 96.1 Å². The lowest BCUT2D eigenvalue weighted by Crippen LogP contribution is -2.33. The van der Waals surface area contributed by atoms with E-state index >= 15 is 0 Å². The lowest BCUT2D eigenvalue weighted by molar-refractivity contribution is 0.0786. The van der Waals surface area contributed by atoms with Gasteiger partial charge in [-0.3, -0.25) is 4.79 Å². The number of hydrogen-bond donors (Lipinski definition) is 1. The van der Waals surface area contributed by atoms with Crippen LogP contribution in [0.15, 0.2) is 24.3 Å². The van der Waals surface area contributed by atoms with Crippen molar-refractivity contribution in [3.63, 3.8) is 0 Å². The minimum Gasteiger partial charge on any atom is -0.508 e. The second-order valence-corrected chi connectivity index (χ2v) is 4.08. The average Bonchev–Trinajstić information content (AvgIpc) is 2.26. The van der Waals surface area contributed by atoms with E-state index in [-0.39, 0.29) is 11.7 Å². The lowest BCUT2D eigenvalue weighted by atomic mass is 10.2. The van der Waals surface area contributed by atoms with Crippen LogP contribution in [0.4, 0.5) is 0 Å². The summed E-state index contributed by atoms with van der Waals surface area (Å²) in [7, 11) is 5.72. The number of amides is 1. The van der Waals surface area contributed by atoms with Crippen LogP contribution in [0.2, 0.25) is 0 Å². The summed E-state index contributed by atoms with van der Waals surface area (Å²) in [5.74, 6) is 0.148. The molecule has 16 heavy (non-hydrogen) atoms. The maximum absolute atomic E-state index is 11.9. The summed E-state index contributed by atoms with van der Waals surface area (Å²) in [5.41, 5.74) is 0.596. The van der Waals surface area contributed by atoms with E-state index in [1.54, 1.807) is 24.1 Å². The molecule has 0 radical (unpaired) electrons. The normalized spacial score (nSPS) is 10.5. The molecule has 0 aliphatic carbocycles. The second kappa shape index (κ2) is 5.51. The first-order valence-electron chi connectivity index (χ1n) is 5.20. The molecule has 0 bridgehead atoms. The third kappa shape index (κ3) is 3.55. The van der Waals surface area contributed by atoms with Crippen molar-refractivity contribution in [2.45, 2.75) is 0 Å². The van der Waals surface area contributed by atoms with Gasteiger partial charge in [-0.15, -0.1) is 0 Å². The SMILES string of the molecule is CN(C)CCN(C)C(=O)c1ccc(O)cc1. The zero-order valence-electron chi connectivity index (χ0n) is 9.97. The van der Waals surface area contributed by atoms with Crippen molar-refractivity contribution in [3.8, 4) is 5.75 Å². The van der Waals surface area contributed by atoms with Crippen LogP contribution in [0.3, 0.4) is 0 Å². The second-order valence-electron chi connectivity index (χ2n) is 4.08. The number of hydrogen-bond acceptors (Lipinski definition) is 3. The number of likely N-dealkylation sites (N-methyl/N-ethyl adjacent to an activating group) is 2. The van der Waals surface area contributed by atoms with Crippen molar-refractivity contribution >= 4 is 5.91 Å². The van der Waals surface area contributed by atoms with Crippen LogP contribution >= 0.6 is 0 Å². The summed E-state index contributed by atoms with van der Waals surface area (Å²) >= 11 is 0. The maximum atomic E-state index is 11.9. The number of aromatic hydroxyl groups is 1. The molecule has 88 valence electrons. The fourth-order valence-corrected chi connectivity index (χ4v) is 1.28. The van der Waals surface area contributed by atoms with Gasteiger partial charge in [-0.1, -0.05) is 0 Å². The minimum absolute atomic E-state index is 0.0261. The van der Waals surface area contributed by atoms with Crippen LogP contribution in [0.1, 0.15) is 10.4 Å². The molecule has 1 N–H and O–H groups in total. The van der Waals surface area contributed by atoms with Gasteiger partial charge in [0.25, 0.3) is 5.91 Å². The van der Waals surface area contributed by atoms with Crippen molar-refractivity contribution in [1.82, 2.24) is 9.80 Å². The lowest BCUT2D eigenvalue weighted by Gasteiger charge is -2.19. The summed E-state index contributed by atoms with van der Waals surface area (Å²) in [6, 6.07) is 6.30. The van der Waals surface area contributed by atoms with Crippen LogP contribution in [0.25, 0.3) is 0 Å². The molecule has 0 atom stereocenters. The van der Waals surface area contributed by atoms with Gasteiger partial charge in [0, 0.05) is 25.7 Å². The summed E-state index contributed by atoms with van der Waals surface area (Å²) in [5, 5.41) is 9.12. The van der Waals surface area contributed by atoms with Crippen molar-refractivity contribution in [2.75, 3.05) is 34.2 Å². The first-order chi connectivity index (χ1) is 7.50. The Bertz CT molecular complexity index is 347. The molecule has 1 aromatic rings. The molecule has 0 spiro atoms. The molecule has 4 nitrogen and oxygen atoms in total. The molecular formula is C12H18N2O2. The monoisotopic (exact) mass is 222 g/mol. The highest BCUT2D eigenvalue weighted by atomic mass is 16.3. The molecule has 4 heteroatoms. The Kier molecular flexibility index (Phi) is 4.31. The molecular weight excluding hydrogens is 204 g/mol. The molecule has 1 amide bonds. The van der Waals surface area contributed by atoms with E-state index in [9.17, 15) is 4.79 Å². The number of phenolic OH excluding ortho intramolecular Hbond substituents is 1. The molecule has 0 heterocycles. The van der Waals surface area contributed by atoms with Gasteiger partial charge < -0.3 is 14.9 Å². The van der Waals surface area contributed by atoms with E-state index in [1.807, 2.05) is 19.0 Å². The molecule has 0 aliphatic heterocycles. The Balaban J connectivity index is 2.60. The van der Waals surface area contributed by atoms with E-state index in [4.69, 9.17) is 5.11 Å². The van der Waals surface area contributed by atoms with E-state index in [2.05, 4.69) is 0 Å². The summed E-state index contributed by atoms with van der Waals surface area (Å²) < 4.78 is 0. The highest BCUT2D eigenvalue weighted by Crippen LogP contribution is 2.11. The molecule has 0 saturated heterocycles. The molecule has 0 fully saturated rings. The fourth-order valence-electron chi connectivity index (χ4n) is 1.28. The molecule has 1 rings (SSSR count). The molecule has 0 aliphatic rings. The van der Waals surface area contributed by atoms with Crippen molar-refractivity contribution in [3.05, 3.63) is 29.8 Å². The van der Waals surface area contributed by atoms with Gasteiger partial charge in [0.15, 0.2) is 0 Å². The summed E-state index contributed by atoms with van der Waals surface area (Å²) in [4.78, 5) is 15.6. The van der Waals surface area contributed by atoms with E-state index in [0.29, 0.717) is 12.1 Å². The maximum Gasteiger partial charge on any atom is 0.253 e. The molecule has 0 saturated carbocycles. The molecule has 1 aromatic carbocycles. The zero-order chi connectivity index (χ0) is 12.1. The van der Waals surface area contributed by atoms with Gasteiger partial charge in [0.1, 0.15) is 5.75 Å². The van der Waals surface area contributed by atoms with Crippen molar-refractivity contribution in [1.29, 1.82) is 0 Å². The number of rotatable bonds is 4. The highest BCUT2D eigenvalue weighted by molar-refractivity contribution is 5.94. The van der Waals surface area contributed by atoms with E-state index in [1.165, 1.54) is 12.1 Å². The largest absolute Gasteiger partial charge is 0.508 e. The first-order valence-corrected chi connectivity index (χ1v) is 5.20. The topological polar surface area (TPSA) is 43.8 Å². The van der Waals surface area contributed by atoms with Gasteiger partial charge in [-0.2, -0.15) is 0 Å². The average molecular weight is 222 g/mol. The first kappa shape index (κ1) is 12.5. The molecule has 0 unspecified atom stereocenters. The zero-order valence-corrected chi connectivity index (χ0v) is 9.97. The number of phenols is 1. The quantitative estimate of drug-likeness (QED) is 0.827. The van der Waals surface area contributed by atoms with Gasteiger partial charge in [0.2, 0.25) is 0 Å². The van der Waals surface area contributed by atoms with Crippen molar-refractivity contribution < 1.29 is 9.90 Å². The smallest absolute Gasteiger partial charge is 0.253 e. The third-order valence-corrected chi connectivity index (χ3v) is 2.34. The van der Waals surface area contributed by atoms with Crippen molar-refractivity contribution in [2.24, 2.45) is 0 Å².